The van der Waals surface area contributed by atoms with Crippen molar-refractivity contribution in [2.24, 2.45) is 0 Å². The lowest BCUT2D eigenvalue weighted by Gasteiger charge is -2.22. The molecule has 1 unspecified atom stereocenters. The van der Waals surface area contributed by atoms with Crippen molar-refractivity contribution in [1.29, 1.82) is 0 Å². The average molecular weight is 346 g/mol. The SMILES string of the molecule is S=C(NCc1ccccc1)NC(Cc1ccccc1)c1ccccc1. The molecule has 0 saturated carbocycles. The number of benzene rings is 3. The van der Waals surface area contributed by atoms with E-state index in [2.05, 4.69) is 71.3 Å². The quantitative estimate of drug-likeness (QED) is 0.636. The van der Waals surface area contributed by atoms with Crippen LogP contribution in [0.25, 0.3) is 0 Å². The highest BCUT2D eigenvalue weighted by molar-refractivity contribution is 7.80. The fourth-order valence-corrected chi connectivity index (χ4v) is 2.99. The average Bonchev–Trinajstić information content (AvgIpc) is 2.68. The maximum absolute atomic E-state index is 5.52. The Morgan fingerprint density at radius 2 is 1.24 bits per heavy atom. The molecule has 0 amide bonds. The molecule has 0 aliphatic rings. The van der Waals surface area contributed by atoms with E-state index >= 15 is 0 Å². The van der Waals surface area contributed by atoms with Gasteiger partial charge < -0.3 is 10.6 Å². The van der Waals surface area contributed by atoms with Crippen molar-refractivity contribution in [3.63, 3.8) is 0 Å². The summed E-state index contributed by atoms with van der Waals surface area (Å²) in [6.07, 6.45) is 0.887. The molecule has 0 aromatic heterocycles. The zero-order valence-electron chi connectivity index (χ0n) is 14.1. The lowest BCUT2D eigenvalue weighted by atomic mass is 9.99. The largest absolute Gasteiger partial charge is 0.359 e. The number of nitrogens with one attached hydrogen (secondary N) is 2. The first kappa shape index (κ1) is 17.2. The van der Waals surface area contributed by atoms with E-state index < -0.39 is 0 Å². The van der Waals surface area contributed by atoms with Gasteiger partial charge in [0.05, 0.1) is 6.04 Å². The maximum atomic E-state index is 5.52. The molecule has 3 aromatic carbocycles. The second-order valence-corrected chi connectivity index (χ2v) is 6.37. The second-order valence-electron chi connectivity index (χ2n) is 5.97. The Labute approximate surface area is 154 Å². The molecule has 3 heteroatoms. The van der Waals surface area contributed by atoms with E-state index in [1.165, 1.54) is 16.7 Å². The summed E-state index contributed by atoms with van der Waals surface area (Å²) >= 11 is 5.52. The lowest BCUT2D eigenvalue weighted by Crippen LogP contribution is -2.38. The van der Waals surface area contributed by atoms with E-state index in [-0.39, 0.29) is 6.04 Å². The van der Waals surface area contributed by atoms with Crippen LogP contribution < -0.4 is 10.6 Å². The van der Waals surface area contributed by atoms with Crippen LogP contribution >= 0.6 is 12.2 Å². The van der Waals surface area contributed by atoms with Gasteiger partial charge >= 0.3 is 0 Å². The third kappa shape index (κ3) is 5.44. The third-order valence-corrected chi connectivity index (χ3v) is 4.35. The van der Waals surface area contributed by atoms with Crippen LogP contribution in [0.2, 0.25) is 0 Å². The molecular formula is C22H22N2S. The summed E-state index contributed by atoms with van der Waals surface area (Å²) in [6, 6.07) is 31.3. The maximum Gasteiger partial charge on any atom is 0.167 e. The first-order chi connectivity index (χ1) is 12.3. The molecule has 2 nitrogen and oxygen atoms in total. The van der Waals surface area contributed by atoms with Crippen LogP contribution in [-0.2, 0) is 13.0 Å². The Morgan fingerprint density at radius 1 is 0.720 bits per heavy atom. The van der Waals surface area contributed by atoms with Gasteiger partial charge in [0.15, 0.2) is 5.11 Å². The fourth-order valence-electron chi connectivity index (χ4n) is 2.77. The molecule has 25 heavy (non-hydrogen) atoms. The van der Waals surface area contributed by atoms with Crippen molar-refractivity contribution in [3.8, 4) is 0 Å². The van der Waals surface area contributed by atoms with E-state index in [1.807, 2.05) is 30.3 Å². The van der Waals surface area contributed by atoms with Crippen molar-refractivity contribution < 1.29 is 0 Å². The predicted octanol–water partition coefficient (Wildman–Crippen LogP) is 4.63. The Hall–Kier alpha value is -2.65. The minimum absolute atomic E-state index is 0.138. The normalized spacial score (nSPS) is 11.5. The molecule has 0 aliphatic heterocycles. The topological polar surface area (TPSA) is 24.1 Å². The monoisotopic (exact) mass is 346 g/mol. The van der Waals surface area contributed by atoms with Crippen LogP contribution in [0.15, 0.2) is 91.0 Å². The molecular weight excluding hydrogens is 324 g/mol. The first-order valence-electron chi connectivity index (χ1n) is 8.48. The molecule has 1 atom stereocenters. The highest BCUT2D eigenvalue weighted by Crippen LogP contribution is 2.18. The lowest BCUT2D eigenvalue weighted by molar-refractivity contribution is 0.633. The van der Waals surface area contributed by atoms with E-state index in [9.17, 15) is 0 Å². The van der Waals surface area contributed by atoms with E-state index in [4.69, 9.17) is 12.2 Å². The molecule has 0 saturated heterocycles. The Balaban J connectivity index is 1.66. The summed E-state index contributed by atoms with van der Waals surface area (Å²) < 4.78 is 0. The smallest absolute Gasteiger partial charge is 0.167 e. The van der Waals surface area contributed by atoms with Gasteiger partial charge in [0.2, 0.25) is 0 Å². The van der Waals surface area contributed by atoms with Crippen molar-refractivity contribution in [1.82, 2.24) is 10.6 Å². The summed E-state index contributed by atoms with van der Waals surface area (Å²) in [6.45, 7) is 0.722. The van der Waals surface area contributed by atoms with Gasteiger partial charge in [0.25, 0.3) is 0 Å². The van der Waals surface area contributed by atoms with Crippen LogP contribution in [-0.4, -0.2) is 5.11 Å². The molecule has 3 rings (SSSR count). The summed E-state index contributed by atoms with van der Waals surface area (Å²) in [5, 5.41) is 7.45. The predicted molar refractivity (Wildman–Crippen MR) is 108 cm³/mol. The molecule has 0 radical (unpaired) electrons. The Kier molecular flexibility index (Phi) is 6.18. The summed E-state index contributed by atoms with van der Waals surface area (Å²) in [7, 11) is 0. The zero-order valence-corrected chi connectivity index (χ0v) is 14.9. The van der Waals surface area contributed by atoms with Crippen molar-refractivity contribution in [2.75, 3.05) is 0 Å². The minimum Gasteiger partial charge on any atom is -0.359 e. The van der Waals surface area contributed by atoms with Gasteiger partial charge in [-0.25, -0.2) is 0 Å². The van der Waals surface area contributed by atoms with Crippen LogP contribution in [0.3, 0.4) is 0 Å². The van der Waals surface area contributed by atoms with E-state index in [0.717, 1.165) is 13.0 Å². The highest BCUT2D eigenvalue weighted by atomic mass is 32.1. The molecule has 3 aromatic rings. The summed E-state index contributed by atoms with van der Waals surface area (Å²) in [5.74, 6) is 0. The second kappa shape index (κ2) is 9.00. The molecule has 0 fully saturated rings. The van der Waals surface area contributed by atoms with Gasteiger partial charge in [-0.3, -0.25) is 0 Å². The number of rotatable bonds is 6. The molecule has 0 spiro atoms. The highest BCUT2D eigenvalue weighted by Gasteiger charge is 2.13. The van der Waals surface area contributed by atoms with Gasteiger partial charge in [-0.1, -0.05) is 91.0 Å². The standard InChI is InChI=1S/C22H22N2S/c25-22(23-17-19-12-6-2-7-13-19)24-21(20-14-8-3-9-15-20)16-18-10-4-1-5-11-18/h1-15,21H,16-17H2,(H2,23,24,25). The van der Waals surface area contributed by atoms with E-state index in [0.29, 0.717) is 5.11 Å². The van der Waals surface area contributed by atoms with Gasteiger partial charge in [-0.2, -0.15) is 0 Å². The fraction of sp³-hybridized carbons (Fsp3) is 0.136. The molecule has 126 valence electrons. The molecule has 0 heterocycles. The Bertz CT molecular complexity index is 773. The molecule has 0 bridgehead atoms. The third-order valence-electron chi connectivity index (χ3n) is 4.09. The van der Waals surface area contributed by atoms with Crippen molar-refractivity contribution >= 4 is 17.3 Å². The number of hydrogen-bond donors (Lipinski definition) is 2. The first-order valence-corrected chi connectivity index (χ1v) is 8.89. The van der Waals surface area contributed by atoms with Gasteiger partial charge in [-0.15, -0.1) is 0 Å². The van der Waals surface area contributed by atoms with Crippen LogP contribution in [0.4, 0.5) is 0 Å². The number of thiocarbonyl (C=S) groups is 1. The van der Waals surface area contributed by atoms with Gasteiger partial charge in [0.1, 0.15) is 0 Å². The van der Waals surface area contributed by atoms with Gasteiger partial charge in [-0.05, 0) is 35.3 Å². The van der Waals surface area contributed by atoms with E-state index in [1.54, 1.807) is 0 Å². The van der Waals surface area contributed by atoms with Gasteiger partial charge in [0, 0.05) is 6.54 Å². The number of hydrogen-bond acceptors (Lipinski definition) is 1. The van der Waals surface area contributed by atoms with Crippen molar-refractivity contribution in [2.45, 2.75) is 19.0 Å². The molecule has 0 aliphatic carbocycles. The minimum atomic E-state index is 0.138. The summed E-state index contributed by atoms with van der Waals surface area (Å²) in [5.41, 5.74) is 3.73. The van der Waals surface area contributed by atoms with Crippen LogP contribution in [0, 0.1) is 0 Å². The zero-order chi connectivity index (χ0) is 17.3. The summed E-state index contributed by atoms with van der Waals surface area (Å²) in [4.78, 5) is 0. The van der Waals surface area contributed by atoms with Crippen molar-refractivity contribution in [3.05, 3.63) is 108 Å². The van der Waals surface area contributed by atoms with Crippen LogP contribution in [0.1, 0.15) is 22.7 Å². The Morgan fingerprint density at radius 3 is 1.84 bits per heavy atom. The molecule has 2 N–H and O–H groups in total. The van der Waals surface area contributed by atoms with Crippen LogP contribution in [0.5, 0.6) is 0 Å².